The van der Waals surface area contributed by atoms with E-state index in [-0.39, 0.29) is 12.5 Å². The molecule has 3 aromatic rings. The maximum absolute atomic E-state index is 13.8. The van der Waals surface area contributed by atoms with E-state index in [1.54, 1.807) is 23.9 Å². The number of aromatic nitrogens is 1. The Bertz CT molecular complexity index is 1160. The normalized spacial score (nSPS) is 14.7. The summed E-state index contributed by atoms with van der Waals surface area (Å²) in [5.74, 6) is 0.793. The number of pyridine rings is 1. The summed E-state index contributed by atoms with van der Waals surface area (Å²) in [6.07, 6.45) is 1.74. The van der Waals surface area contributed by atoms with Crippen LogP contribution in [0.2, 0.25) is 0 Å². The van der Waals surface area contributed by atoms with Gasteiger partial charge in [0.2, 0.25) is 5.91 Å². The third-order valence-corrected chi connectivity index (χ3v) is 6.53. The Morgan fingerprint density at radius 3 is 2.33 bits per heavy atom. The number of rotatable bonds is 6. The lowest BCUT2D eigenvalue weighted by Crippen LogP contribution is -2.50. The average molecular weight is 465 g/mol. The number of amides is 1. The average Bonchev–Trinajstić information content (AvgIpc) is 2.86. The summed E-state index contributed by atoms with van der Waals surface area (Å²) in [6, 6.07) is 18.6. The quantitative estimate of drug-likeness (QED) is 0.545. The second kappa shape index (κ2) is 10.1. The molecule has 0 aliphatic carbocycles. The Morgan fingerprint density at radius 1 is 1.06 bits per heavy atom. The van der Waals surface area contributed by atoms with Crippen LogP contribution < -0.4 is 15.4 Å². The highest BCUT2D eigenvalue weighted by Crippen LogP contribution is 2.26. The minimum Gasteiger partial charge on any atom is -0.497 e. The fourth-order valence-electron chi connectivity index (χ4n) is 4.18. The molecule has 1 aliphatic rings. The van der Waals surface area contributed by atoms with Crippen LogP contribution in [0.25, 0.3) is 0 Å². The first kappa shape index (κ1) is 22.8. The predicted molar refractivity (Wildman–Crippen MR) is 132 cm³/mol. The lowest BCUT2D eigenvalue weighted by molar-refractivity contribution is -0.133. The number of hydrogen-bond donors (Lipinski definition) is 2. The van der Waals surface area contributed by atoms with Gasteiger partial charge >= 0.3 is 0 Å². The maximum atomic E-state index is 13.8. The van der Waals surface area contributed by atoms with Crippen LogP contribution in [-0.4, -0.2) is 53.8 Å². The van der Waals surface area contributed by atoms with E-state index in [1.165, 1.54) is 0 Å². The Hall–Kier alpha value is -3.36. The van der Waals surface area contributed by atoms with Crippen molar-refractivity contribution in [3.8, 4) is 5.75 Å². The van der Waals surface area contributed by atoms with E-state index in [4.69, 9.17) is 22.7 Å². The largest absolute Gasteiger partial charge is 0.497 e. The van der Waals surface area contributed by atoms with Crippen molar-refractivity contribution in [2.45, 2.75) is 12.6 Å². The van der Waals surface area contributed by atoms with Crippen LogP contribution in [0.1, 0.15) is 17.2 Å². The molecule has 33 heavy (non-hydrogen) atoms. The van der Waals surface area contributed by atoms with Gasteiger partial charge in [0, 0.05) is 49.3 Å². The number of hydrogen-bond acceptors (Lipinski definition) is 6. The summed E-state index contributed by atoms with van der Waals surface area (Å²) >= 11 is 5.61. The van der Waals surface area contributed by atoms with Crippen LogP contribution in [0.3, 0.4) is 0 Å². The van der Waals surface area contributed by atoms with E-state index in [9.17, 15) is 9.90 Å². The molecule has 2 aromatic carbocycles. The monoisotopic (exact) mass is 464 g/mol. The zero-order valence-electron chi connectivity index (χ0n) is 18.6. The molecule has 1 aliphatic heterocycles. The fourth-order valence-corrected chi connectivity index (χ4v) is 4.53. The predicted octanol–water partition coefficient (Wildman–Crippen LogP) is 3.24. The van der Waals surface area contributed by atoms with E-state index >= 15 is 0 Å². The number of anilines is 2. The highest BCUT2D eigenvalue weighted by atomic mass is 32.1. The van der Waals surface area contributed by atoms with Gasteiger partial charge in [0.15, 0.2) is 0 Å². The van der Waals surface area contributed by atoms with Gasteiger partial charge in [-0.05, 0) is 35.9 Å². The number of aliphatic hydroxyl groups is 1. The van der Waals surface area contributed by atoms with Crippen molar-refractivity contribution in [1.29, 1.82) is 0 Å². The number of piperazine rings is 1. The molecule has 0 saturated carbocycles. The smallest absolute Gasteiger partial charge is 0.250 e. The van der Waals surface area contributed by atoms with Crippen molar-refractivity contribution in [2.75, 3.05) is 43.9 Å². The molecule has 8 heteroatoms. The van der Waals surface area contributed by atoms with Gasteiger partial charge in [-0.3, -0.25) is 4.79 Å². The van der Waals surface area contributed by atoms with Gasteiger partial charge in [0.1, 0.15) is 16.4 Å². The van der Waals surface area contributed by atoms with Crippen molar-refractivity contribution in [3.63, 3.8) is 0 Å². The number of nitrogen functional groups attached to an aromatic ring is 1. The van der Waals surface area contributed by atoms with Crippen LogP contribution in [-0.2, 0) is 11.4 Å². The Labute approximate surface area is 198 Å². The second-order valence-electron chi connectivity index (χ2n) is 7.94. The van der Waals surface area contributed by atoms with Gasteiger partial charge in [-0.1, -0.05) is 42.5 Å². The SMILES string of the molecule is COc1ccc(N2CCN(C(=O)C(c3ccccc3)n3ccc(N)c(CO)c3=S)CC2)cc1. The van der Waals surface area contributed by atoms with Gasteiger partial charge in [-0.15, -0.1) is 0 Å². The summed E-state index contributed by atoms with van der Waals surface area (Å²) in [5, 5.41) is 9.77. The zero-order valence-corrected chi connectivity index (χ0v) is 19.4. The van der Waals surface area contributed by atoms with Gasteiger partial charge in [-0.25, -0.2) is 0 Å². The van der Waals surface area contributed by atoms with E-state index in [2.05, 4.69) is 4.90 Å². The van der Waals surface area contributed by atoms with E-state index < -0.39 is 6.04 Å². The number of aliphatic hydroxyl groups excluding tert-OH is 1. The molecule has 1 aromatic heterocycles. The van der Waals surface area contributed by atoms with Crippen molar-refractivity contribution in [1.82, 2.24) is 9.47 Å². The standard InChI is InChI=1S/C25H28N4O3S/c1-32-20-9-7-19(8-10-20)27-13-15-28(16-14-27)24(31)23(18-5-3-2-4-6-18)29-12-11-22(26)21(17-30)25(29)33/h2-12,23,30H,13-17,26H2,1H3. The summed E-state index contributed by atoms with van der Waals surface area (Å²) in [4.78, 5) is 17.9. The number of carbonyl (C=O) groups is 1. The zero-order chi connectivity index (χ0) is 23.4. The number of methoxy groups -OCH3 is 1. The molecule has 2 heterocycles. The van der Waals surface area contributed by atoms with Crippen LogP contribution >= 0.6 is 12.2 Å². The Kier molecular flexibility index (Phi) is 6.96. The fraction of sp³-hybridized carbons (Fsp3) is 0.280. The topological polar surface area (TPSA) is 84.0 Å². The summed E-state index contributed by atoms with van der Waals surface area (Å²) < 4.78 is 7.36. The molecule has 1 unspecified atom stereocenters. The summed E-state index contributed by atoms with van der Waals surface area (Å²) in [5.41, 5.74) is 8.83. The first-order valence-electron chi connectivity index (χ1n) is 10.9. The van der Waals surface area contributed by atoms with Crippen LogP contribution in [0.15, 0.2) is 66.9 Å². The van der Waals surface area contributed by atoms with E-state index in [0.29, 0.717) is 29.0 Å². The molecule has 3 N–H and O–H groups in total. The van der Waals surface area contributed by atoms with Crippen molar-refractivity contribution < 1.29 is 14.6 Å². The highest BCUT2D eigenvalue weighted by Gasteiger charge is 2.30. The minimum absolute atomic E-state index is 0.0275. The molecule has 7 nitrogen and oxygen atoms in total. The third-order valence-electron chi connectivity index (χ3n) is 6.07. The van der Waals surface area contributed by atoms with Crippen LogP contribution in [0, 0.1) is 4.64 Å². The molecule has 1 atom stereocenters. The Balaban J connectivity index is 1.59. The highest BCUT2D eigenvalue weighted by molar-refractivity contribution is 7.71. The number of ether oxygens (including phenoxy) is 1. The van der Waals surface area contributed by atoms with Gasteiger partial charge in [0.25, 0.3) is 0 Å². The first-order chi connectivity index (χ1) is 16.0. The van der Waals surface area contributed by atoms with Crippen molar-refractivity contribution in [3.05, 3.63) is 82.6 Å². The summed E-state index contributed by atoms with van der Waals surface area (Å²) in [7, 11) is 1.65. The van der Waals surface area contributed by atoms with Crippen LogP contribution in [0.4, 0.5) is 11.4 Å². The maximum Gasteiger partial charge on any atom is 0.250 e. The van der Waals surface area contributed by atoms with E-state index in [0.717, 1.165) is 30.1 Å². The van der Waals surface area contributed by atoms with Gasteiger partial charge in [0.05, 0.1) is 13.7 Å². The first-order valence-corrected chi connectivity index (χ1v) is 11.3. The number of benzene rings is 2. The molecule has 4 rings (SSSR count). The number of carbonyl (C=O) groups excluding carboxylic acids is 1. The van der Waals surface area contributed by atoms with Crippen molar-refractivity contribution in [2.24, 2.45) is 0 Å². The summed E-state index contributed by atoms with van der Waals surface area (Å²) in [6.45, 7) is 2.39. The molecule has 1 fully saturated rings. The molecule has 0 spiro atoms. The lowest BCUT2D eigenvalue weighted by atomic mass is 10.0. The molecule has 1 saturated heterocycles. The van der Waals surface area contributed by atoms with E-state index in [1.807, 2.05) is 59.5 Å². The van der Waals surface area contributed by atoms with Crippen molar-refractivity contribution >= 4 is 29.5 Å². The lowest BCUT2D eigenvalue weighted by Gasteiger charge is -2.38. The molecule has 0 bridgehead atoms. The Morgan fingerprint density at radius 2 is 1.73 bits per heavy atom. The molecule has 1 amide bonds. The minimum atomic E-state index is -0.628. The van der Waals surface area contributed by atoms with Crippen LogP contribution in [0.5, 0.6) is 5.75 Å². The molecular weight excluding hydrogens is 436 g/mol. The van der Waals surface area contributed by atoms with Gasteiger partial charge in [-0.2, -0.15) is 0 Å². The molecular formula is C25H28N4O3S. The second-order valence-corrected chi connectivity index (χ2v) is 8.33. The number of nitrogens with two attached hydrogens (primary N) is 1. The number of nitrogens with zero attached hydrogens (tertiary/aromatic N) is 3. The molecule has 0 radical (unpaired) electrons. The molecule has 172 valence electrons. The third kappa shape index (κ3) is 4.72. The van der Waals surface area contributed by atoms with Gasteiger partial charge < -0.3 is 29.9 Å².